The van der Waals surface area contributed by atoms with Crippen LogP contribution >= 0.6 is 0 Å². The molecule has 0 aliphatic heterocycles. The Hall–Kier alpha value is -0.930. The molecule has 0 spiro atoms. The third-order valence-electron chi connectivity index (χ3n) is 3.57. The highest BCUT2D eigenvalue weighted by atomic mass is 16.3. The van der Waals surface area contributed by atoms with Gasteiger partial charge in [-0.2, -0.15) is 0 Å². The molecular weight excluding hydrogens is 200 g/mol. The minimum Gasteiger partial charge on any atom is -0.396 e. The summed E-state index contributed by atoms with van der Waals surface area (Å²) in [5.74, 6) is 0. The van der Waals surface area contributed by atoms with Crippen molar-refractivity contribution in [2.24, 2.45) is 5.41 Å². The highest BCUT2D eigenvalue weighted by molar-refractivity contribution is 5.13. The highest BCUT2D eigenvalue weighted by Gasteiger charge is 2.41. The monoisotopic (exact) mass is 220 g/mol. The predicted octanol–water partition coefficient (Wildman–Crippen LogP) is 1.89. The van der Waals surface area contributed by atoms with Gasteiger partial charge in [0.25, 0.3) is 0 Å². The second kappa shape index (κ2) is 4.93. The van der Waals surface area contributed by atoms with E-state index in [4.69, 9.17) is 5.11 Å². The van der Waals surface area contributed by atoms with Crippen LogP contribution in [0.1, 0.15) is 37.8 Å². The van der Waals surface area contributed by atoms with E-state index in [1.807, 2.05) is 12.3 Å². The van der Waals surface area contributed by atoms with Crippen LogP contribution in [-0.4, -0.2) is 23.2 Å². The van der Waals surface area contributed by atoms with Crippen LogP contribution in [-0.2, 0) is 0 Å². The van der Waals surface area contributed by atoms with Gasteiger partial charge in [0.1, 0.15) is 0 Å². The first kappa shape index (κ1) is 11.6. The average molecular weight is 220 g/mol. The lowest BCUT2D eigenvalue weighted by molar-refractivity contribution is 0.243. The Morgan fingerprint density at radius 1 is 1.56 bits per heavy atom. The lowest BCUT2D eigenvalue weighted by atomic mass is 10.0. The third kappa shape index (κ3) is 2.80. The number of hydrogen-bond donors (Lipinski definition) is 2. The van der Waals surface area contributed by atoms with Gasteiger partial charge in [-0.1, -0.05) is 6.07 Å². The van der Waals surface area contributed by atoms with Crippen molar-refractivity contribution in [3.63, 3.8) is 0 Å². The van der Waals surface area contributed by atoms with Crippen LogP contribution in [0.2, 0.25) is 0 Å². The van der Waals surface area contributed by atoms with Crippen molar-refractivity contribution in [3.05, 3.63) is 30.1 Å². The van der Waals surface area contributed by atoms with Crippen LogP contribution in [0, 0.1) is 5.41 Å². The molecule has 1 aromatic rings. The zero-order chi connectivity index (χ0) is 11.4. The number of pyridine rings is 1. The SMILES string of the molecule is CC(NCC1(CCO)CC1)c1cccnc1. The molecule has 88 valence electrons. The fraction of sp³-hybridized carbons (Fsp3) is 0.615. The van der Waals surface area contributed by atoms with E-state index in [1.54, 1.807) is 6.20 Å². The van der Waals surface area contributed by atoms with Crippen molar-refractivity contribution in [1.29, 1.82) is 0 Å². The zero-order valence-electron chi connectivity index (χ0n) is 9.82. The van der Waals surface area contributed by atoms with Crippen LogP contribution in [0.15, 0.2) is 24.5 Å². The van der Waals surface area contributed by atoms with E-state index >= 15 is 0 Å². The molecule has 1 heterocycles. The molecule has 3 nitrogen and oxygen atoms in total. The molecule has 2 rings (SSSR count). The third-order valence-corrected chi connectivity index (χ3v) is 3.57. The van der Waals surface area contributed by atoms with Crippen molar-refractivity contribution < 1.29 is 5.11 Å². The summed E-state index contributed by atoms with van der Waals surface area (Å²) in [6.07, 6.45) is 7.13. The maximum Gasteiger partial charge on any atom is 0.0436 e. The normalized spacial score (nSPS) is 19.4. The molecule has 0 aromatic carbocycles. The summed E-state index contributed by atoms with van der Waals surface area (Å²) in [5, 5.41) is 12.5. The molecule has 0 bridgehead atoms. The van der Waals surface area contributed by atoms with Crippen LogP contribution in [0.4, 0.5) is 0 Å². The molecule has 1 saturated carbocycles. The summed E-state index contributed by atoms with van der Waals surface area (Å²) in [4.78, 5) is 4.12. The molecule has 16 heavy (non-hydrogen) atoms. The zero-order valence-corrected chi connectivity index (χ0v) is 9.82. The fourth-order valence-corrected chi connectivity index (χ4v) is 2.05. The van der Waals surface area contributed by atoms with Crippen molar-refractivity contribution in [1.82, 2.24) is 10.3 Å². The van der Waals surface area contributed by atoms with Crippen molar-refractivity contribution >= 4 is 0 Å². The standard InChI is InChI=1S/C13H20N2O/c1-11(12-3-2-7-14-9-12)15-10-13(4-5-13)6-8-16/h2-3,7,9,11,15-16H,4-6,8,10H2,1H3. The van der Waals surface area contributed by atoms with Gasteiger partial charge in [0.2, 0.25) is 0 Å². The van der Waals surface area contributed by atoms with E-state index in [9.17, 15) is 0 Å². The molecule has 3 heteroatoms. The summed E-state index contributed by atoms with van der Waals surface area (Å²) < 4.78 is 0. The van der Waals surface area contributed by atoms with E-state index in [-0.39, 0.29) is 0 Å². The minimum absolute atomic E-state index is 0.308. The number of nitrogens with zero attached hydrogens (tertiary/aromatic N) is 1. The lowest BCUT2D eigenvalue weighted by Gasteiger charge is -2.19. The molecule has 0 radical (unpaired) electrons. The van der Waals surface area contributed by atoms with E-state index in [1.165, 1.54) is 18.4 Å². The molecular formula is C13H20N2O. The summed E-state index contributed by atoms with van der Waals surface area (Å²) >= 11 is 0. The van der Waals surface area contributed by atoms with Gasteiger partial charge in [-0.25, -0.2) is 0 Å². The van der Waals surface area contributed by atoms with Crippen LogP contribution in [0.3, 0.4) is 0 Å². The molecule has 1 aromatic heterocycles. The Bertz CT molecular complexity index is 322. The first-order valence-corrected chi connectivity index (χ1v) is 6.00. The molecule has 1 unspecified atom stereocenters. The highest BCUT2D eigenvalue weighted by Crippen LogP contribution is 2.48. The molecule has 1 aliphatic rings. The lowest BCUT2D eigenvalue weighted by Crippen LogP contribution is -2.27. The van der Waals surface area contributed by atoms with Crippen molar-refractivity contribution in [2.75, 3.05) is 13.2 Å². The first-order valence-electron chi connectivity index (χ1n) is 6.00. The number of aliphatic hydroxyl groups is 1. The smallest absolute Gasteiger partial charge is 0.0436 e. The molecule has 0 saturated heterocycles. The van der Waals surface area contributed by atoms with Crippen LogP contribution in [0.5, 0.6) is 0 Å². The van der Waals surface area contributed by atoms with Crippen LogP contribution in [0.25, 0.3) is 0 Å². The van der Waals surface area contributed by atoms with E-state index < -0.39 is 0 Å². The van der Waals surface area contributed by atoms with Gasteiger partial charge >= 0.3 is 0 Å². The van der Waals surface area contributed by atoms with Gasteiger partial charge < -0.3 is 10.4 Å². The quantitative estimate of drug-likeness (QED) is 0.769. The first-order chi connectivity index (χ1) is 7.76. The summed E-state index contributed by atoms with van der Waals surface area (Å²) in [6.45, 7) is 3.47. The number of aromatic nitrogens is 1. The molecule has 2 N–H and O–H groups in total. The van der Waals surface area contributed by atoms with Gasteiger partial charge in [0.05, 0.1) is 0 Å². The Balaban J connectivity index is 1.82. The summed E-state index contributed by atoms with van der Waals surface area (Å²) in [7, 11) is 0. The minimum atomic E-state index is 0.308. The van der Waals surface area contributed by atoms with E-state index in [0.717, 1.165) is 13.0 Å². The van der Waals surface area contributed by atoms with Crippen molar-refractivity contribution in [2.45, 2.75) is 32.2 Å². The van der Waals surface area contributed by atoms with Gasteiger partial charge in [-0.3, -0.25) is 4.98 Å². The van der Waals surface area contributed by atoms with Crippen molar-refractivity contribution in [3.8, 4) is 0 Å². The number of hydrogen-bond acceptors (Lipinski definition) is 3. The number of rotatable bonds is 6. The maximum absolute atomic E-state index is 8.99. The molecule has 0 amide bonds. The Morgan fingerprint density at radius 2 is 2.38 bits per heavy atom. The Morgan fingerprint density at radius 3 is 2.94 bits per heavy atom. The predicted molar refractivity (Wildman–Crippen MR) is 64.0 cm³/mol. The largest absolute Gasteiger partial charge is 0.396 e. The summed E-state index contributed by atoms with van der Waals surface area (Å²) in [6, 6.07) is 4.40. The Labute approximate surface area is 96.9 Å². The van der Waals surface area contributed by atoms with Gasteiger partial charge in [0, 0.05) is 31.6 Å². The summed E-state index contributed by atoms with van der Waals surface area (Å²) in [5.41, 5.74) is 1.60. The fourth-order valence-electron chi connectivity index (χ4n) is 2.05. The van der Waals surface area contributed by atoms with E-state index in [0.29, 0.717) is 18.1 Å². The molecule has 1 atom stereocenters. The second-order valence-electron chi connectivity index (χ2n) is 4.86. The van der Waals surface area contributed by atoms with Gasteiger partial charge in [0.15, 0.2) is 0 Å². The molecule has 1 fully saturated rings. The maximum atomic E-state index is 8.99. The topological polar surface area (TPSA) is 45.1 Å². The van der Waals surface area contributed by atoms with Gasteiger partial charge in [-0.15, -0.1) is 0 Å². The number of aliphatic hydroxyl groups excluding tert-OH is 1. The van der Waals surface area contributed by atoms with E-state index in [2.05, 4.69) is 23.3 Å². The Kier molecular flexibility index (Phi) is 3.56. The van der Waals surface area contributed by atoms with Gasteiger partial charge in [-0.05, 0) is 43.2 Å². The average Bonchev–Trinajstić information content (AvgIpc) is 3.08. The van der Waals surface area contributed by atoms with Crippen LogP contribution < -0.4 is 5.32 Å². The molecule has 1 aliphatic carbocycles. The number of nitrogens with one attached hydrogen (secondary N) is 1. The second-order valence-corrected chi connectivity index (χ2v) is 4.86.